The molecule has 1 heterocycles. The van der Waals surface area contributed by atoms with Crippen molar-refractivity contribution in [3.8, 4) is 0 Å². The maximum atomic E-state index is 12.5. The highest BCUT2D eigenvalue weighted by molar-refractivity contribution is 7.16. The molecule has 0 aliphatic carbocycles. The Labute approximate surface area is 107 Å². The molecule has 0 bridgehead atoms. The van der Waals surface area contributed by atoms with E-state index in [1.807, 2.05) is 0 Å². The first kappa shape index (κ1) is 15.5. The first-order chi connectivity index (χ1) is 8.07. The highest BCUT2D eigenvalue weighted by Gasteiger charge is 2.60. The molecule has 3 N–H and O–H groups in total. The van der Waals surface area contributed by atoms with Gasteiger partial charge in [0.05, 0.1) is 10.4 Å². The van der Waals surface area contributed by atoms with Crippen LogP contribution in [0.2, 0.25) is 4.34 Å². The van der Waals surface area contributed by atoms with Crippen LogP contribution in [0, 0.1) is 5.92 Å². The van der Waals surface area contributed by atoms with Crippen LogP contribution in [-0.4, -0.2) is 12.4 Å². The fraction of sp³-hybridized carbons (Fsp3) is 0.500. The normalized spacial score (nSPS) is 15.2. The Kier molecular flexibility index (Phi) is 4.52. The number of alkyl halides is 6. The van der Waals surface area contributed by atoms with Crippen molar-refractivity contribution in [2.24, 2.45) is 11.8 Å². The van der Waals surface area contributed by atoms with Gasteiger partial charge in [0.1, 0.15) is 0 Å². The van der Waals surface area contributed by atoms with Gasteiger partial charge in [0.15, 0.2) is 5.92 Å². The van der Waals surface area contributed by atoms with Crippen molar-refractivity contribution in [2.75, 3.05) is 0 Å². The van der Waals surface area contributed by atoms with E-state index in [-0.39, 0.29) is 9.21 Å². The third kappa shape index (κ3) is 3.50. The van der Waals surface area contributed by atoms with Gasteiger partial charge in [-0.05, 0) is 12.1 Å². The van der Waals surface area contributed by atoms with E-state index >= 15 is 0 Å². The SMILES string of the molecule is NNC(c1ccc(Cl)s1)C(C(F)(F)F)C(F)(F)F. The number of hydrazine groups is 1. The number of hydrogen-bond acceptors (Lipinski definition) is 3. The van der Waals surface area contributed by atoms with E-state index in [0.29, 0.717) is 11.3 Å². The predicted octanol–water partition coefficient (Wildman–Crippen LogP) is 3.65. The molecule has 0 aromatic carbocycles. The Hall–Kier alpha value is -0.510. The molecule has 2 nitrogen and oxygen atoms in total. The van der Waals surface area contributed by atoms with Gasteiger partial charge in [-0.2, -0.15) is 26.3 Å². The average Bonchev–Trinajstić information content (AvgIpc) is 2.56. The smallest absolute Gasteiger partial charge is 0.271 e. The molecule has 10 heteroatoms. The van der Waals surface area contributed by atoms with Crippen LogP contribution in [0.4, 0.5) is 26.3 Å². The molecule has 0 radical (unpaired) electrons. The van der Waals surface area contributed by atoms with Crippen LogP contribution in [0.15, 0.2) is 12.1 Å². The summed E-state index contributed by atoms with van der Waals surface area (Å²) in [4.78, 5) is -0.234. The molecule has 1 atom stereocenters. The van der Waals surface area contributed by atoms with Gasteiger partial charge in [0.2, 0.25) is 0 Å². The Bertz CT molecular complexity index is 387. The summed E-state index contributed by atoms with van der Waals surface area (Å²) in [7, 11) is 0. The Morgan fingerprint density at radius 1 is 1.11 bits per heavy atom. The van der Waals surface area contributed by atoms with E-state index in [0.717, 1.165) is 6.07 Å². The quantitative estimate of drug-likeness (QED) is 0.508. The van der Waals surface area contributed by atoms with Crippen molar-refractivity contribution < 1.29 is 26.3 Å². The monoisotopic (exact) mass is 312 g/mol. The van der Waals surface area contributed by atoms with Crippen LogP contribution in [0.5, 0.6) is 0 Å². The summed E-state index contributed by atoms with van der Waals surface area (Å²) in [5.41, 5.74) is 1.56. The van der Waals surface area contributed by atoms with Gasteiger partial charge in [-0.15, -0.1) is 11.3 Å². The lowest BCUT2D eigenvalue weighted by molar-refractivity contribution is -0.292. The molecule has 0 fully saturated rings. The zero-order valence-corrected chi connectivity index (χ0v) is 10.0. The van der Waals surface area contributed by atoms with Crippen LogP contribution < -0.4 is 11.3 Å². The van der Waals surface area contributed by atoms with Gasteiger partial charge < -0.3 is 0 Å². The molecule has 0 spiro atoms. The molecule has 1 aromatic heterocycles. The summed E-state index contributed by atoms with van der Waals surface area (Å²) in [6.07, 6.45) is -10.9. The van der Waals surface area contributed by atoms with Crippen LogP contribution in [0.25, 0.3) is 0 Å². The molecule has 0 saturated carbocycles. The van der Waals surface area contributed by atoms with Crippen LogP contribution in [-0.2, 0) is 0 Å². The maximum Gasteiger partial charge on any atom is 0.402 e. The molecular weight excluding hydrogens is 306 g/mol. The number of rotatable bonds is 3. The number of nitrogens with two attached hydrogens (primary N) is 1. The molecule has 1 unspecified atom stereocenters. The third-order valence-electron chi connectivity index (χ3n) is 2.12. The second-order valence-corrected chi connectivity index (χ2v) is 5.09. The minimum Gasteiger partial charge on any atom is -0.271 e. The van der Waals surface area contributed by atoms with Gasteiger partial charge in [-0.1, -0.05) is 11.6 Å². The fourth-order valence-electron chi connectivity index (χ4n) is 1.40. The summed E-state index contributed by atoms with van der Waals surface area (Å²) in [6, 6.07) is 0.153. The number of thiophene rings is 1. The molecule has 0 aliphatic rings. The lowest BCUT2D eigenvalue weighted by Crippen LogP contribution is -2.47. The third-order valence-corrected chi connectivity index (χ3v) is 3.43. The summed E-state index contributed by atoms with van der Waals surface area (Å²) in [5.74, 6) is 1.23. The van der Waals surface area contributed by atoms with Crippen LogP contribution >= 0.6 is 22.9 Å². The number of halogens is 7. The molecule has 0 aliphatic heterocycles. The minimum absolute atomic E-state index is 0.0772. The Balaban J connectivity index is 3.18. The molecule has 18 heavy (non-hydrogen) atoms. The first-order valence-electron chi connectivity index (χ1n) is 4.42. The van der Waals surface area contributed by atoms with Crippen molar-refractivity contribution >= 4 is 22.9 Å². The fourth-order valence-corrected chi connectivity index (χ4v) is 2.56. The van der Waals surface area contributed by atoms with Crippen molar-refractivity contribution in [1.29, 1.82) is 0 Å². The molecule has 104 valence electrons. The van der Waals surface area contributed by atoms with E-state index in [9.17, 15) is 26.3 Å². The largest absolute Gasteiger partial charge is 0.402 e. The topological polar surface area (TPSA) is 38.0 Å². The van der Waals surface area contributed by atoms with Crippen LogP contribution in [0.1, 0.15) is 10.9 Å². The lowest BCUT2D eigenvalue weighted by Gasteiger charge is -2.29. The van der Waals surface area contributed by atoms with E-state index in [2.05, 4.69) is 0 Å². The van der Waals surface area contributed by atoms with Gasteiger partial charge in [-0.3, -0.25) is 11.3 Å². The van der Waals surface area contributed by atoms with Crippen molar-refractivity contribution in [3.63, 3.8) is 0 Å². The predicted molar refractivity (Wildman–Crippen MR) is 55.0 cm³/mol. The van der Waals surface area contributed by atoms with Gasteiger partial charge >= 0.3 is 12.4 Å². The zero-order valence-electron chi connectivity index (χ0n) is 8.44. The summed E-state index contributed by atoms with van der Waals surface area (Å²) >= 11 is 6.09. The van der Waals surface area contributed by atoms with E-state index < -0.39 is 24.3 Å². The Morgan fingerprint density at radius 2 is 1.61 bits per heavy atom. The van der Waals surface area contributed by atoms with Gasteiger partial charge in [0, 0.05) is 4.88 Å². The second kappa shape index (κ2) is 5.24. The van der Waals surface area contributed by atoms with Crippen LogP contribution in [0.3, 0.4) is 0 Å². The highest BCUT2D eigenvalue weighted by atomic mass is 35.5. The summed E-state index contributed by atoms with van der Waals surface area (Å²) < 4.78 is 75.1. The van der Waals surface area contributed by atoms with Crippen molar-refractivity contribution in [3.05, 3.63) is 21.3 Å². The molecule has 0 amide bonds. The van der Waals surface area contributed by atoms with E-state index in [1.165, 1.54) is 6.07 Å². The van der Waals surface area contributed by atoms with Crippen molar-refractivity contribution in [1.82, 2.24) is 5.43 Å². The summed E-state index contributed by atoms with van der Waals surface area (Å²) in [6.45, 7) is 0. The number of nitrogens with one attached hydrogen (secondary N) is 1. The van der Waals surface area contributed by atoms with Gasteiger partial charge in [0.25, 0.3) is 0 Å². The first-order valence-corrected chi connectivity index (χ1v) is 5.61. The minimum atomic E-state index is -5.47. The average molecular weight is 313 g/mol. The lowest BCUT2D eigenvalue weighted by atomic mass is 9.97. The van der Waals surface area contributed by atoms with E-state index in [1.54, 1.807) is 5.43 Å². The molecule has 0 saturated heterocycles. The number of hydrogen-bond donors (Lipinski definition) is 2. The molecular formula is C8H7ClF6N2S. The Morgan fingerprint density at radius 3 is 1.89 bits per heavy atom. The maximum absolute atomic E-state index is 12.5. The summed E-state index contributed by atoms with van der Waals surface area (Å²) in [5, 5.41) is 0. The van der Waals surface area contributed by atoms with Gasteiger partial charge in [-0.25, -0.2) is 0 Å². The highest BCUT2D eigenvalue weighted by Crippen LogP contribution is 2.47. The molecule has 1 rings (SSSR count). The second-order valence-electron chi connectivity index (χ2n) is 3.35. The van der Waals surface area contributed by atoms with Crippen molar-refractivity contribution in [2.45, 2.75) is 18.4 Å². The standard InChI is InChI=1S/C8H7ClF6N2S/c9-4-2-1-3(18-4)5(17-16)6(7(10,11)12)8(13,14)15/h1-2,5-6,17H,16H2. The van der Waals surface area contributed by atoms with E-state index in [4.69, 9.17) is 17.4 Å². The zero-order chi connectivity index (χ0) is 14.1. The molecule has 1 aromatic rings.